The molecule has 8 rings (SSSR count). The first-order valence-corrected chi connectivity index (χ1v) is 19.4. The Labute approximate surface area is 315 Å². The molecule has 3 aromatic carbocycles. The Morgan fingerprint density at radius 1 is 0.849 bits per heavy atom. The number of aromatic nitrogens is 1. The summed E-state index contributed by atoms with van der Waals surface area (Å²) in [5.74, 6) is 0.725. The zero-order valence-corrected chi connectivity index (χ0v) is 30.9. The fourth-order valence-corrected chi connectivity index (χ4v) is 8.45. The second kappa shape index (κ2) is 15.7. The van der Waals surface area contributed by atoms with Crippen molar-refractivity contribution in [2.45, 2.75) is 64.0 Å². The predicted octanol–water partition coefficient (Wildman–Crippen LogP) is 11.6. The second-order valence-electron chi connectivity index (χ2n) is 14.9. The highest BCUT2D eigenvalue weighted by atomic mass is 14.9. The van der Waals surface area contributed by atoms with Gasteiger partial charge in [0, 0.05) is 17.9 Å². The lowest BCUT2D eigenvalue weighted by atomic mass is 9.76. The van der Waals surface area contributed by atoms with Crippen molar-refractivity contribution >= 4 is 22.4 Å². The number of allylic oxidation sites excluding steroid dienone is 10. The van der Waals surface area contributed by atoms with Gasteiger partial charge in [-0.3, -0.25) is 9.98 Å². The van der Waals surface area contributed by atoms with Crippen LogP contribution >= 0.6 is 0 Å². The molecule has 0 amide bonds. The van der Waals surface area contributed by atoms with Crippen LogP contribution in [0.25, 0.3) is 16.7 Å². The first kappa shape index (κ1) is 34.7. The zero-order valence-electron chi connectivity index (χ0n) is 30.9. The van der Waals surface area contributed by atoms with Crippen molar-refractivity contribution in [2.75, 3.05) is 0 Å². The summed E-state index contributed by atoms with van der Waals surface area (Å²) in [6, 6.07) is 34.3. The number of aliphatic imine (C=N–C) groups is 1. The number of fused-ring (bicyclic) bond motifs is 3. The summed E-state index contributed by atoms with van der Waals surface area (Å²) >= 11 is 0. The molecule has 0 saturated carbocycles. The third-order valence-electron chi connectivity index (χ3n) is 11.5. The molecule has 0 fully saturated rings. The SMILES string of the molecule is CC(/C=C(/c1ccccc1)[C@@H](C)C(N)C1=CCCC(c2cc(C3=CC=CC=CC3)nc3c2CC[C@@H]2C=CC(c4ccccc4)=NC32)=C1)c1ccccc1. The van der Waals surface area contributed by atoms with E-state index in [2.05, 4.69) is 172 Å². The van der Waals surface area contributed by atoms with Crippen LogP contribution in [0.4, 0.5) is 0 Å². The fraction of sp³-hybridized carbons (Fsp3) is 0.240. The Kier molecular flexibility index (Phi) is 10.3. The van der Waals surface area contributed by atoms with Crippen LogP contribution in [0.5, 0.6) is 0 Å². The minimum absolute atomic E-state index is 0.00164. The fourth-order valence-electron chi connectivity index (χ4n) is 8.45. The van der Waals surface area contributed by atoms with Crippen molar-refractivity contribution in [2.24, 2.45) is 22.6 Å². The molecule has 0 radical (unpaired) electrons. The molecule has 53 heavy (non-hydrogen) atoms. The van der Waals surface area contributed by atoms with Gasteiger partial charge in [-0.15, -0.1) is 0 Å². The smallest absolute Gasteiger partial charge is 0.0992 e. The Bertz CT molecular complexity index is 2190. The molecule has 3 heteroatoms. The molecule has 3 unspecified atom stereocenters. The molecule has 1 aliphatic heterocycles. The van der Waals surface area contributed by atoms with E-state index >= 15 is 0 Å². The van der Waals surface area contributed by atoms with Gasteiger partial charge in [0.25, 0.3) is 0 Å². The molecule has 3 nitrogen and oxygen atoms in total. The Morgan fingerprint density at radius 2 is 1.60 bits per heavy atom. The summed E-state index contributed by atoms with van der Waals surface area (Å²) in [5.41, 5.74) is 22.1. The molecule has 5 atom stereocenters. The standard InChI is InChI=1S/C50H49N3/c1-34(36-17-10-5-11-18-36)31-44(37-19-12-6-13-20-37)35(2)48(51)42-26-16-25-41(32-42)45-33-47(39-23-8-3-4-9-24-39)53-50-43(45)29-27-40-28-30-46(52-49(40)50)38-21-14-7-15-22-38/h3-15,17-23,26,28,30-35,40,48-49H,16,24-25,27,29,51H2,1-2H3/b44-31+/t34?,35-,40-,48?,49?/m1/s1. The number of hydrogen-bond donors (Lipinski definition) is 1. The highest BCUT2D eigenvalue weighted by Gasteiger charge is 2.34. The molecule has 0 spiro atoms. The van der Waals surface area contributed by atoms with Crippen LogP contribution in [0.15, 0.2) is 168 Å². The minimum atomic E-state index is -0.150. The van der Waals surface area contributed by atoms with Crippen LogP contribution < -0.4 is 5.73 Å². The Morgan fingerprint density at radius 3 is 2.40 bits per heavy atom. The molecule has 0 saturated heterocycles. The highest BCUT2D eigenvalue weighted by Crippen LogP contribution is 2.45. The second-order valence-corrected chi connectivity index (χ2v) is 14.9. The van der Waals surface area contributed by atoms with E-state index in [1.807, 2.05) is 0 Å². The van der Waals surface area contributed by atoms with E-state index in [1.165, 1.54) is 44.5 Å². The average molecular weight is 692 g/mol. The zero-order chi connectivity index (χ0) is 36.1. The van der Waals surface area contributed by atoms with E-state index in [0.717, 1.165) is 54.8 Å². The Balaban J connectivity index is 1.18. The summed E-state index contributed by atoms with van der Waals surface area (Å²) in [6.07, 6.45) is 27.5. The minimum Gasteiger partial charge on any atom is -0.323 e. The van der Waals surface area contributed by atoms with Crippen molar-refractivity contribution in [1.82, 2.24) is 4.98 Å². The van der Waals surface area contributed by atoms with Crippen LogP contribution in [0.2, 0.25) is 0 Å². The summed E-state index contributed by atoms with van der Waals surface area (Å²) in [4.78, 5) is 10.9. The van der Waals surface area contributed by atoms with E-state index < -0.39 is 0 Å². The van der Waals surface area contributed by atoms with E-state index in [9.17, 15) is 0 Å². The van der Waals surface area contributed by atoms with E-state index in [4.69, 9.17) is 15.7 Å². The highest BCUT2D eigenvalue weighted by molar-refractivity contribution is 6.09. The number of nitrogens with zero attached hydrogens (tertiary/aromatic N) is 2. The topological polar surface area (TPSA) is 51.3 Å². The largest absolute Gasteiger partial charge is 0.323 e. The molecule has 2 N–H and O–H groups in total. The molecular weight excluding hydrogens is 643 g/mol. The predicted molar refractivity (Wildman–Crippen MR) is 223 cm³/mol. The van der Waals surface area contributed by atoms with Crippen LogP contribution in [0.3, 0.4) is 0 Å². The molecule has 3 aliphatic carbocycles. The van der Waals surface area contributed by atoms with Gasteiger partial charge in [-0.25, -0.2) is 0 Å². The van der Waals surface area contributed by atoms with Crippen molar-refractivity contribution in [3.63, 3.8) is 0 Å². The first-order valence-electron chi connectivity index (χ1n) is 19.4. The van der Waals surface area contributed by atoms with Crippen molar-refractivity contribution in [3.05, 3.63) is 203 Å². The maximum atomic E-state index is 7.33. The third-order valence-corrected chi connectivity index (χ3v) is 11.5. The van der Waals surface area contributed by atoms with E-state index in [1.54, 1.807) is 0 Å². The molecule has 1 aromatic heterocycles. The lowest BCUT2D eigenvalue weighted by molar-refractivity contribution is 0.442. The summed E-state index contributed by atoms with van der Waals surface area (Å²) in [5, 5.41) is 0. The van der Waals surface area contributed by atoms with Crippen LogP contribution in [-0.4, -0.2) is 16.7 Å². The number of hydrogen-bond acceptors (Lipinski definition) is 3. The van der Waals surface area contributed by atoms with Crippen molar-refractivity contribution in [1.29, 1.82) is 0 Å². The molecule has 0 bridgehead atoms. The maximum absolute atomic E-state index is 7.33. The van der Waals surface area contributed by atoms with Gasteiger partial charge in [0.2, 0.25) is 0 Å². The molecule has 264 valence electrons. The monoisotopic (exact) mass is 691 g/mol. The molecule has 4 aromatic rings. The number of benzene rings is 3. The van der Waals surface area contributed by atoms with Crippen LogP contribution in [-0.2, 0) is 6.42 Å². The van der Waals surface area contributed by atoms with Gasteiger partial charge >= 0.3 is 0 Å². The van der Waals surface area contributed by atoms with Gasteiger partial charge in [0.1, 0.15) is 0 Å². The lowest BCUT2D eigenvalue weighted by Crippen LogP contribution is -2.31. The van der Waals surface area contributed by atoms with Gasteiger partial charge in [-0.2, -0.15) is 0 Å². The van der Waals surface area contributed by atoms with Gasteiger partial charge < -0.3 is 5.73 Å². The van der Waals surface area contributed by atoms with Crippen molar-refractivity contribution in [3.8, 4) is 0 Å². The number of nitrogens with two attached hydrogens (primary N) is 1. The van der Waals surface area contributed by atoms with Gasteiger partial charge in [-0.05, 0) is 100 Å². The number of dihydropyridines is 1. The summed E-state index contributed by atoms with van der Waals surface area (Å²) in [6.45, 7) is 4.59. The van der Waals surface area contributed by atoms with Gasteiger partial charge in [0.15, 0.2) is 0 Å². The molecule has 2 heterocycles. The lowest BCUT2D eigenvalue weighted by Gasteiger charge is -2.34. The number of rotatable bonds is 9. The maximum Gasteiger partial charge on any atom is 0.0992 e. The summed E-state index contributed by atoms with van der Waals surface area (Å²) in [7, 11) is 0. The third kappa shape index (κ3) is 7.45. The van der Waals surface area contributed by atoms with Gasteiger partial charge in [-0.1, -0.05) is 160 Å². The normalized spacial score (nSPS) is 21.2. The quantitative estimate of drug-likeness (QED) is 0.190. The van der Waals surface area contributed by atoms with Crippen LogP contribution in [0.1, 0.15) is 90.7 Å². The van der Waals surface area contributed by atoms with Gasteiger partial charge in [0.05, 0.1) is 23.1 Å². The number of pyridine rings is 1. The first-order chi connectivity index (χ1) is 26.0. The molecular formula is C50H49N3. The molecule has 4 aliphatic rings. The average Bonchev–Trinajstić information content (AvgIpc) is 3.52. The van der Waals surface area contributed by atoms with E-state index in [0.29, 0.717) is 5.92 Å². The Hall–Kier alpha value is -5.38. The van der Waals surface area contributed by atoms with Crippen LogP contribution in [0, 0.1) is 11.8 Å². The summed E-state index contributed by atoms with van der Waals surface area (Å²) < 4.78 is 0. The van der Waals surface area contributed by atoms with Crippen molar-refractivity contribution < 1.29 is 0 Å². The van der Waals surface area contributed by atoms with E-state index in [-0.39, 0.29) is 23.9 Å².